The molecule has 3 heterocycles. The smallest absolute Gasteiger partial charge is 0.293 e. The van der Waals surface area contributed by atoms with Crippen LogP contribution in [0.4, 0.5) is 11.4 Å². The van der Waals surface area contributed by atoms with E-state index in [1.54, 1.807) is 17.0 Å². The van der Waals surface area contributed by atoms with E-state index in [4.69, 9.17) is 9.47 Å². The molecule has 0 radical (unpaired) electrons. The predicted octanol–water partition coefficient (Wildman–Crippen LogP) is 4.41. The van der Waals surface area contributed by atoms with Gasteiger partial charge in [-0.15, -0.1) is 10.2 Å². The topological polar surface area (TPSA) is 111 Å². The summed E-state index contributed by atoms with van der Waals surface area (Å²) in [5.74, 6) is 2.29. The summed E-state index contributed by atoms with van der Waals surface area (Å²) in [6.45, 7) is 4.04. The zero-order valence-electron chi connectivity index (χ0n) is 21.6. The Balaban J connectivity index is 1.09. The average molecular weight is 558 g/mol. The lowest BCUT2D eigenvalue weighted by molar-refractivity contribution is -0.384. The number of benzene rings is 3. The minimum atomic E-state index is -0.328. The fraction of sp³-hybridized carbons (Fsp3) is 0.250. The molecular weight excluding hydrogens is 530 g/mol. The molecule has 1 fully saturated rings. The first-order valence-electron chi connectivity index (χ1n) is 12.9. The molecule has 3 aromatic carbocycles. The van der Waals surface area contributed by atoms with Crippen molar-refractivity contribution < 1.29 is 14.4 Å². The molecule has 0 saturated carbocycles. The summed E-state index contributed by atoms with van der Waals surface area (Å²) in [7, 11) is 0. The van der Waals surface area contributed by atoms with Gasteiger partial charge in [-0.2, -0.15) is 9.78 Å². The molecule has 6 rings (SSSR count). The Kier molecular flexibility index (Phi) is 7.60. The molecule has 11 nitrogen and oxygen atoms in total. The van der Waals surface area contributed by atoms with Crippen LogP contribution in [0.3, 0.4) is 0 Å². The quantitative estimate of drug-likeness (QED) is 0.128. The van der Waals surface area contributed by atoms with Crippen molar-refractivity contribution >= 4 is 29.4 Å². The van der Waals surface area contributed by atoms with Crippen molar-refractivity contribution in [2.75, 3.05) is 37.9 Å². The molecule has 4 aromatic rings. The first-order valence-corrected chi connectivity index (χ1v) is 13.9. The van der Waals surface area contributed by atoms with E-state index in [2.05, 4.69) is 43.3 Å². The molecule has 204 valence electrons. The molecule has 40 heavy (non-hydrogen) atoms. The Labute approximate surface area is 235 Å². The number of rotatable bonds is 9. The third-order valence-electron chi connectivity index (χ3n) is 6.79. The molecule has 0 bridgehead atoms. The first-order chi connectivity index (χ1) is 19.6. The van der Waals surface area contributed by atoms with Crippen LogP contribution in [0.15, 0.2) is 83.3 Å². The predicted molar refractivity (Wildman–Crippen MR) is 152 cm³/mol. The maximum atomic E-state index is 12.0. The van der Waals surface area contributed by atoms with Gasteiger partial charge < -0.3 is 14.4 Å². The summed E-state index contributed by atoms with van der Waals surface area (Å²) >= 11 is 1.52. The SMILES string of the molecule is O=[N+]([O-])c1cc(C=Nn2cnnc2SCc2ccccc2)ccc1N1CCN(Cc2ccc3c(c2)OCO3)CC1. The molecule has 1 saturated heterocycles. The van der Waals surface area contributed by atoms with E-state index >= 15 is 0 Å². The molecule has 0 aliphatic carbocycles. The van der Waals surface area contributed by atoms with E-state index < -0.39 is 0 Å². The minimum absolute atomic E-state index is 0.0654. The number of piperazine rings is 1. The molecule has 0 amide bonds. The van der Waals surface area contributed by atoms with Gasteiger partial charge >= 0.3 is 0 Å². The number of nitrogens with zero attached hydrogens (tertiary/aromatic N) is 7. The van der Waals surface area contributed by atoms with E-state index in [-0.39, 0.29) is 17.4 Å². The van der Waals surface area contributed by atoms with Gasteiger partial charge in [0.05, 0.1) is 11.1 Å². The fourth-order valence-electron chi connectivity index (χ4n) is 4.72. The van der Waals surface area contributed by atoms with E-state index in [0.717, 1.165) is 42.4 Å². The van der Waals surface area contributed by atoms with Crippen molar-refractivity contribution in [2.24, 2.45) is 5.10 Å². The lowest BCUT2D eigenvalue weighted by Crippen LogP contribution is -2.46. The molecule has 0 atom stereocenters. The lowest BCUT2D eigenvalue weighted by Gasteiger charge is -2.35. The van der Waals surface area contributed by atoms with Gasteiger partial charge in [0, 0.05) is 50.1 Å². The van der Waals surface area contributed by atoms with Gasteiger partial charge in [0.2, 0.25) is 11.9 Å². The van der Waals surface area contributed by atoms with Gasteiger partial charge in [-0.3, -0.25) is 15.0 Å². The van der Waals surface area contributed by atoms with Gasteiger partial charge in [0.1, 0.15) is 12.0 Å². The zero-order valence-corrected chi connectivity index (χ0v) is 22.4. The molecule has 0 unspecified atom stereocenters. The minimum Gasteiger partial charge on any atom is -0.454 e. The van der Waals surface area contributed by atoms with Crippen LogP contribution < -0.4 is 14.4 Å². The Hall–Kier alpha value is -4.42. The standard InChI is InChI=1S/C28H27N7O4S/c36-35(37)25-14-22(16-30-34-19-29-31-28(34)40-18-21-4-2-1-3-5-21)6-8-24(25)33-12-10-32(11-13-33)17-23-7-9-26-27(15-23)39-20-38-26/h1-9,14-16,19H,10-13,17-18,20H2. The Morgan fingerprint density at radius 2 is 1.80 bits per heavy atom. The fourth-order valence-corrected chi connectivity index (χ4v) is 5.54. The Bertz CT molecular complexity index is 1520. The van der Waals surface area contributed by atoms with Crippen LogP contribution in [0, 0.1) is 10.1 Å². The maximum absolute atomic E-state index is 12.0. The number of fused-ring (bicyclic) bond motifs is 1. The molecule has 2 aliphatic rings. The normalized spacial score (nSPS) is 15.2. The van der Waals surface area contributed by atoms with Crippen LogP contribution in [0.5, 0.6) is 11.5 Å². The van der Waals surface area contributed by atoms with Crippen molar-refractivity contribution in [2.45, 2.75) is 17.5 Å². The van der Waals surface area contributed by atoms with Crippen molar-refractivity contribution in [3.63, 3.8) is 0 Å². The summed E-state index contributed by atoms with van der Waals surface area (Å²) in [5.41, 5.74) is 3.64. The van der Waals surface area contributed by atoms with E-state index in [9.17, 15) is 10.1 Å². The monoisotopic (exact) mass is 557 g/mol. The summed E-state index contributed by atoms with van der Waals surface area (Å²) in [6.07, 6.45) is 3.12. The molecule has 1 aromatic heterocycles. The average Bonchev–Trinajstić information content (AvgIpc) is 3.65. The van der Waals surface area contributed by atoms with Crippen molar-refractivity contribution in [3.8, 4) is 11.5 Å². The number of ether oxygens (including phenoxy) is 2. The molecule has 0 spiro atoms. The number of thioether (sulfide) groups is 1. The number of aromatic nitrogens is 3. The van der Waals surface area contributed by atoms with E-state index in [1.165, 1.54) is 23.7 Å². The second-order valence-electron chi connectivity index (χ2n) is 9.43. The van der Waals surface area contributed by atoms with Crippen molar-refractivity contribution in [1.29, 1.82) is 0 Å². The number of anilines is 1. The summed E-state index contributed by atoms with van der Waals surface area (Å²) in [4.78, 5) is 16.1. The summed E-state index contributed by atoms with van der Waals surface area (Å²) in [6, 6.07) is 21.3. The van der Waals surface area contributed by atoms with Crippen LogP contribution in [0.2, 0.25) is 0 Å². The molecule has 0 N–H and O–H groups in total. The largest absolute Gasteiger partial charge is 0.454 e. The highest BCUT2D eigenvalue weighted by Crippen LogP contribution is 2.33. The van der Waals surface area contributed by atoms with Gasteiger partial charge in [-0.05, 0) is 29.3 Å². The third kappa shape index (κ3) is 5.92. The lowest BCUT2D eigenvalue weighted by atomic mass is 10.1. The second-order valence-corrected chi connectivity index (χ2v) is 10.4. The number of nitro benzene ring substituents is 1. The summed E-state index contributed by atoms with van der Waals surface area (Å²) in [5, 5.41) is 25.2. The third-order valence-corrected chi connectivity index (χ3v) is 7.80. The number of hydrogen-bond donors (Lipinski definition) is 0. The Morgan fingerprint density at radius 1 is 0.975 bits per heavy atom. The van der Waals surface area contributed by atoms with Gasteiger partial charge in [-0.25, -0.2) is 0 Å². The van der Waals surface area contributed by atoms with Crippen LogP contribution in [0.25, 0.3) is 0 Å². The highest BCUT2D eigenvalue weighted by molar-refractivity contribution is 7.98. The second kappa shape index (κ2) is 11.8. The highest BCUT2D eigenvalue weighted by atomic mass is 32.2. The van der Waals surface area contributed by atoms with E-state index in [1.807, 2.05) is 42.5 Å². The van der Waals surface area contributed by atoms with Crippen LogP contribution in [0.1, 0.15) is 16.7 Å². The number of nitro groups is 1. The van der Waals surface area contributed by atoms with Crippen molar-refractivity contribution in [1.82, 2.24) is 19.8 Å². The molecule has 2 aliphatic heterocycles. The summed E-state index contributed by atoms with van der Waals surface area (Å²) < 4.78 is 12.5. The number of hydrogen-bond acceptors (Lipinski definition) is 10. The van der Waals surface area contributed by atoms with Crippen molar-refractivity contribution in [3.05, 3.63) is 99.9 Å². The first kappa shape index (κ1) is 25.8. The zero-order chi connectivity index (χ0) is 27.3. The maximum Gasteiger partial charge on any atom is 0.293 e. The van der Waals surface area contributed by atoms with E-state index in [0.29, 0.717) is 29.5 Å². The highest BCUT2D eigenvalue weighted by Gasteiger charge is 2.24. The van der Waals surface area contributed by atoms with Gasteiger partial charge in [-0.1, -0.05) is 54.2 Å². The Morgan fingerprint density at radius 3 is 2.62 bits per heavy atom. The van der Waals surface area contributed by atoms with Crippen LogP contribution >= 0.6 is 11.8 Å². The van der Waals surface area contributed by atoms with Gasteiger partial charge in [0.25, 0.3) is 5.69 Å². The van der Waals surface area contributed by atoms with Crippen LogP contribution in [-0.2, 0) is 12.3 Å². The van der Waals surface area contributed by atoms with Crippen LogP contribution in [-0.4, -0.2) is 63.9 Å². The molecule has 12 heteroatoms. The molecular formula is C28H27N7O4S. The van der Waals surface area contributed by atoms with Gasteiger partial charge in [0.15, 0.2) is 11.5 Å².